The van der Waals surface area contributed by atoms with Crippen molar-refractivity contribution in [2.75, 3.05) is 11.9 Å². The minimum Gasteiger partial charge on any atom is -0.355 e. The van der Waals surface area contributed by atoms with Gasteiger partial charge in [0.15, 0.2) is 0 Å². The summed E-state index contributed by atoms with van der Waals surface area (Å²) < 4.78 is 0. The van der Waals surface area contributed by atoms with Crippen molar-refractivity contribution in [1.82, 2.24) is 5.32 Å². The molecule has 0 aromatic heterocycles. The van der Waals surface area contributed by atoms with E-state index in [-0.39, 0.29) is 5.91 Å². The van der Waals surface area contributed by atoms with Gasteiger partial charge in [0.1, 0.15) is 5.41 Å². The summed E-state index contributed by atoms with van der Waals surface area (Å²) in [7, 11) is 0. The summed E-state index contributed by atoms with van der Waals surface area (Å²) >= 11 is 11.8. The normalized spacial score (nSPS) is 11.1. The molecule has 0 bridgehead atoms. The van der Waals surface area contributed by atoms with Crippen molar-refractivity contribution < 1.29 is 9.59 Å². The molecule has 0 heterocycles. The van der Waals surface area contributed by atoms with E-state index in [1.165, 1.54) is 6.07 Å². The maximum atomic E-state index is 12.2. The van der Waals surface area contributed by atoms with Crippen LogP contribution >= 0.6 is 23.2 Å². The van der Waals surface area contributed by atoms with Crippen LogP contribution in [0.2, 0.25) is 10.0 Å². The Hall–Kier alpha value is -1.26. The van der Waals surface area contributed by atoms with Crippen LogP contribution in [0.15, 0.2) is 18.2 Å². The standard InChI is InChI=1S/C14H18Cl2N2O2/c1-4-7-17-12(19)14(2,3)13(20)18-11-6-5-9(15)8-10(11)16/h5-6,8H,4,7H2,1-3H3,(H,17,19)(H,18,20). The van der Waals surface area contributed by atoms with Gasteiger partial charge in [-0.05, 0) is 38.5 Å². The molecule has 0 aliphatic heterocycles. The maximum absolute atomic E-state index is 12.2. The van der Waals surface area contributed by atoms with Crippen LogP contribution in [0.3, 0.4) is 0 Å². The average Bonchev–Trinajstić information content (AvgIpc) is 2.38. The molecule has 1 rings (SSSR count). The van der Waals surface area contributed by atoms with Gasteiger partial charge >= 0.3 is 0 Å². The second-order valence-electron chi connectivity index (χ2n) is 4.96. The molecule has 0 fully saturated rings. The van der Waals surface area contributed by atoms with Crippen LogP contribution in [0.4, 0.5) is 5.69 Å². The van der Waals surface area contributed by atoms with Crippen LogP contribution in [-0.2, 0) is 9.59 Å². The van der Waals surface area contributed by atoms with Crippen LogP contribution in [-0.4, -0.2) is 18.4 Å². The molecule has 0 unspecified atom stereocenters. The summed E-state index contributed by atoms with van der Waals surface area (Å²) in [6, 6.07) is 4.75. The van der Waals surface area contributed by atoms with E-state index in [0.717, 1.165) is 6.42 Å². The highest BCUT2D eigenvalue weighted by molar-refractivity contribution is 6.36. The maximum Gasteiger partial charge on any atom is 0.239 e. The minimum atomic E-state index is -1.18. The largest absolute Gasteiger partial charge is 0.355 e. The number of rotatable bonds is 5. The molecule has 0 spiro atoms. The fraction of sp³-hybridized carbons (Fsp3) is 0.429. The Morgan fingerprint density at radius 1 is 1.20 bits per heavy atom. The number of anilines is 1. The molecule has 110 valence electrons. The first-order chi connectivity index (χ1) is 9.28. The first-order valence-corrected chi connectivity index (χ1v) is 7.09. The van der Waals surface area contributed by atoms with Gasteiger partial charge in [0.25, 0.3) is 0 Å². The van der Waals surface area contributed by atoms with Gasteiger partial charge in [-0.25, -0.2) is 0 Å². The molecule has 0 atom stereocenters. The van der Waals surface area contributed by atoms with E-state index in [9.17, 15) is 9.59 Å². The minimum absolute atomic E-state index is 0.318. The summed E-state index contributed by atoms with van der Waals surface area (Å²) in [5, 5.41) is 6.16. The van der Waals surface area contributed by atoms with E-state index >= 15 is 0 Å². The quantitative estimate of drug-likeness (QED) is 0.817. The molecule has 1 aromatic rings. The van der Waals surface area contributed by atoms with Crippen molar-refractivity contribution in [2.24, 2.45) is 5.41 Å². The molecule has 0 saturated heterocycles. The van der Waals surface area contributed by atoms with E-state index in [1.54, 1.807) is 26.0 Å². The molecule has 4 nitrogen and oxygen atoms in total. The highest BCUT2D eigenvalue weighted by atomic mass is 35.5. The Morgan fingerprint density at radius 2 is 1.85 bits per heavy atom. The zero-order valence-electron chi connectivity index (χ0n) is 11.7. The second kappa shape index (κ2) is 6.95. The lowest BCUT2D eigenvalue weighted by molar-refractivity contribution is -0.138. The zero-order chi connectivity index (χ0) is 15.3. The third-order valence-electron chi connectivity index (χ3n) is 2.85. The highest BCUT2D eigenvalue weighted by Gasteiger charge is 2.36. The summed E-state index contributed by atoms with van der Waals surface area (Å²) in [6.45, 7) is 5.62. The van der Waals surface area contributed by atoms with Crippen LogP contribution in [0, 0.1) is 5.41 Å². The van der Waals surface area contributed by atoms with Gasteiger partial charge in [0.05, 0.1) is 10.7 Å². The van der Waals surface area contributed by atoms with Crippen molar-refractivity contribution in [1.29, 1.82) is 0 Å². The molecule has 0 radical (unpaired) electrons. The Kier molecular flexibility index (Phi) is 5.84. The zero-order valence-corrected chi connectivity index (χ0v) is 13.2. The van der Waals surface area contributed by atoms with Crippen LogP contribution in [0.25, 0.3) is 0 Å². The molecule has 2 N–H and O–H groups in total. The Bertz CT molecular complexity index is 516. The molecule has 1 aromatic carbocycles. The molecule has 6 heteroatoms. The fourth-order valence-corrected chi connectivity index (χ4v) is 1.89. The lowest BCUT2D eigenvalue weighted by atomic mass is 9.91. The van der Waals surface area contributed by atoms with E-state index in [4.69, 9.17) is 23.2 Å². The predicted molar refractivity (Wildman–Crippen MR) is 82.2 cm³/mol. The van der Waals surface area contributed by atoms with Crippen LogP contribution < -0.4 is 10.6 Å². The first kappa shape index (κ1) is 16.8. The number of hydrogen-bond donors (Lipinski definition) is 2. The summed E-state index contributed by atoms with van der Waals surface area (Å²) in [5.74, 6) is -0.739. The van der Waals surface area contributed by atoms with Gasteiger partial charge in [0.2, 0.25) is 11.8 Å². The second-order valence-corrected chi connectivity index (χ2v) is 5.80. The Morgan fingerprint density at radius 3 is 2.40 bits per heavy atom. The number of nitrogens with one attached hydrogen (secondary N) is 2. The summed E-state index contributed by atoms with van der Waals surface area (Å²) in [4.78, 5) is 24.2. The molecular weight excluding hydrogens is 299 g/mol. The molecule has 0 aliphatic rings. The van der Waals surface area contributed by atoms with Gasteiger partial charge in [-0.3, -0.25) is 9.59 Å². The number of hydrogen-bond acceptors (Lipinski definition) is 2. The molecule has 0 aliphatic carbocycles. The predicted octanol–water partition coefficient (Wildman–Crippen LogP) is 3.48. The highest BCUT2D eigenvalue weighted by Crippen LogP contribution is 2.27. The van der Waals surface area contributed by atoms with Crippen molar-refractivity contribution >= 4 is 40.7 Å². The van der Waals surface area contributed by atoms with Gasteiger partial charge < -0.3 is 10.6 Å². The van der Waals surface area contributed by atoms with E-state index in [2.05, 4.69) is 10.6 Å². The van der Waals surface area contributed by atoms with Crippen molar-refractivity contribution in [3.8, 4) is 0 Å². The van der Waals surface area contributed by atoms with Crippen LogP contribution in [0.1, 0.15) is 27.2 Å². The Balaban J connectivity index is 2.81. The van der Waals surface area contributed by atoms with E-state index in [0.29, 0.717) is 22.3 Å². The lowest BCUT2D eigenvalue weighted by Gasteiger charge is -2.23. The number of halogens is 2. The van der Waals surface area contributed by atoms with Gasteiger partial charge in [-0.1, -0.05) is 30.1 Å². The van der Waals surface area contributed by atoms with E-state index in [1.807, 2.05) is 6.92 Å². The van der Waals surface area contributed by atoms with E-state index < -0.39 is 11.3 Å². The smallest absolute Gasteiger partial charge is 0.239 e. The van der Waals surface area contributed by atoms with Crippen molar-refractivity contribution in [3.63, 3.8) is 0 Å². The number of carbonyl (C=O) groups is 2. The van der Waals surface area contributed by atoms with Gasteiger partial charge in [0, 0.05) is 11.6 Å². The van der Waals surface area contributed by atoms with Crippen LogP contribution in [0.5, 0.6) is 0 Å². The summed E-state index contributed by atoms with van der Waals surface area (Å²) in [5.41, 5.74) is -0.754. The first-order valence-electron chi connectivity index (χ1n) is 6.33. The monoisotopic (exact) mass is 316 g/mol. The number of carbonyl (C=O) groups excluding carboxylic acids is 2. The summed E-state index contributed by atoms with van der Waals surface area (Å²) in [6.07, 6.45) is 0.812. The fourth-order valence-electron chi connectivity index (χ4n) is 1.43. The molecule has 0 saturated carbocycles. The third kappa shape index (κ3) is 4.12. The molecule has 20 heavy (non-hydrogen) atoms. The van der Waals surface area contributed by atoms with Crippen molar-refractivity contribution in [3.05, 3.63) is 28.2 Å². The molecular formula is C14H18Cl2N2O2. The number of amides is 2. The Labute approximate surface area is 128 Å². The number of benzene rings is 1. The molecule has 2 amide bonds. The average molecular weight is 317 g/mol. The topological polar surface area (TPSA) is 58.2 Å². The van der Waals surface area contributed by atoms with Crippen molar-refractivity contribution in [2.45, 2.75) is 27.2 Å². The van der Waals surface area contributed by atoms with Gasteiger partial charge in [-0.15, -0.1) is 0 Å². The third-order valence-corrected chi connectivity index (χ3v) is 3.40. The SMILES string of the molecule is CCCNC(=O)C(C)(C)C(=O)Nc1ccc(Cl)cc1Cl. The lowest BCUT2D eigenvalue weighted by Crippen LogP contribution is -2.45. The van der Waals surface area contributed by atoms with Gasteiger partial charge in [-0.2, -0.15) is 0 Å².